The molecule has 1 N–H and O–H groups in total. The number of nitrogens with one attached hydrogen (secondary N) is 1. The van der Waals surface area contributed by atoms with Crippen LogP contribution in [0.1, 0.15) is 48.0 Å². The van der Waals surface area contributed by atoms with Crippen molar-refractivity contribution in [3.63, 3.8) is 0 Å². The first kappa shape index (κ1) is 16.2. The molecule has 1 aliphatic heterocycles. The summed E-state index contributed by atoms with van der Waals surface area (Å²) < 4.78 is 5.46. The van der Waals surface area contributed by atoms with Crippen LogP contribution in [0.5, 0.6) is 5.75 Å². The summed E-state index contributed by atoms with van der Waals surface area (Å²) in [6, 6.07) is 10.2. The largest absolute Gasteiger partial charge is 0.496 e. The molecule has 5 heteroatoms. The minimum absolute atomic E-state index is 0.107. The molecule has 4 rings (SSSR count). The fraction of sp³-hybridized carbons (Fsp3) is 0.500. The van der Waals surface area contributed by atoms with Crippen molar-refractivity contribution in [1.29, 1.82) is 0 Å². The number of H-pyrrole nitrogens is 1. The van der Waals surface area contributed by atoms with Gasteiger partial charge < -0.3 is 9.64 Å². The Morgan fingerprint density at radius 2 is 2.20 bits per heavy atom. The summed E-state index contributed by atoms with van der Waals surface area (Å²) in [4.78, 5) is 15.0. The summed E-state index contributed by atoms with van der Waals surface area (Å²) in [5.41, 5.74) is 3.34. The monoisotopic (exact) mass is 339 g/mol. The number of hydrogen-bond acceptors (Lipinski definition) is 3. The lowest BCUT2D eigenvalue weighted by Crippen LogP contribution is -2.40. The summed E-state index contributed by atoms with van der Waals surface area (Å²) in [6.07, 6.45) is 3.09. The average molecular weight is 339 g/mol. The molecule has 5 nitrogen and oxygen atoms in total. The van der Waals surface area contributed by atoms with Crippen molar-refractivity contribution in [3.8, 4) is 5.75 Å². The van der Waals surface area contributed by atoms with Crippen LogP contribution in [0.25, 0.3) is 0 Å². The second-order valence-electron chi connectivity index (χ2n) is 7.29. The molecule has 1 amide bonds. The van der Waals surface area contributed by atoms with E-state index in [9.17, 15) is 4.79 Å². The standard InChI is InChI=1S/C20H25N3O2/c1-13-10-18(22-21-13)14-6-5-9-23(12-14)20(24)17-11-16(17)15-7-3-4-8-19(15)25-2/h3-4,7-8,10,14,16-17H,5-6,9,11-12H2,1-2H3,(H,21,22)/t14-,16-,17-/m0/s1. The molecule has 0 unspecified atom stereocenters. The molecule has 2 aliphatic rings. The van der Waals surface area contributed by atoms with Crippen LogP contribution in [0, 0.1) is 12.8 Å². The third kappa shape index (κ3) is 3.15. The maximum atomic E-state index is 13.0. The SMILES string of the molecule is COc1ccccc1[C@@H]1C[C@@H]1C(=O)N1CCC[C@H](c2cc(C)[nH]n2)C1. The van der Waals surface area contributed by atoms with E-state index in [1.807, 2.05) is 25.1 Å². The Bertz CT molecular complexity index is 770. The van der Waals surface area contributed by atoms with Gasteiger partial charge >= 0.3 is 0 Å². The maximum absolute atomic E-state index is 13.0. The number of para-hydroxylation sites is 1. The summed E-state index contributed by atoms with van der Waals surface area (Å²) in [7, 11) is 1.69. The van der Waals surface area contributed by atoms with Gasteiger partial charge in [0.2, 0.25) is 5.91 Å². The number of piperidine rings is 1. The zero-order valence-electron chi connectivity index (χ0n) is 14.9. The summed E-state index contributed by atoms with van der Waals surface area (Å²) in [5, 5.41) is 7.42. The van der Waals surface area contributed by atoms with Crippen molar-refractivity contribution in [3.05, 3.63) is 47.3 Å². The lowest BCUT2D eigenvalue weighted by molar-refractivity contribution is -0.133. The Kier molecular flexibility index (Phi) is 4.24. The van der Waals surface area contributed by atoms with E-state index in [0.717, 1.165) is 49.5 Å². The predicted molar refractivity (Wildman–Crippen MR) is 95.7 cm³/mol. The van der Waals surface area contributed by atoms with E-state index in [0.29, 0.717) is 17.7 Å². The van der Waals surface area contributed by atoms with Gasteiger partial charge in [0.15, 0.2) is 0 Å². The van der Waals surface area contributed by atoms with Crippen molar-refractivity contribution in [1.82, 2.24) is 15.1 Å². The smallest absolute Gasteiger partial charge is 0.226 e. The molecule has 2 heterocycles. The highest BCUT2D eigenvalue weighted by Crippen LogP contribution is 2.51. The van der Waals surface area contributed by atoms with Gasteiger partial charge in [0, 0.05) is 30.6 Å². The zero-order valence-corrected chi connectivity index (χ0v) is 14.9. The third-order valence-corrected chi connectivity index (χ3v) is 5.52. The number of likely N-dealkylation sites (tertiary alicyclic amines) is 1. The molecule has 1 aromatic carbocycles. The van der Waals surface area contributed by atoms with Gasteiger partial charge in [-0.2, -0.15) is 5.10 Å². The van der Waals surface area contributed by atoms with Crippen LogP contribution in [0.3, 0.4) is 0 Å². The number of nitrogens with zero attached hydrogens (tertiary/aromatic N) is 2. The Morgan fingerprint density at radius 3 is 2.96 bits per heavy atom. The summed E-state index contributed by atoms with van der Waals surface area (Å²) >= 11 is 0. The highest BCUT2D eigenvalue weighted by atomic mass is 16.5. The van der Waals surface area contributed by atoms with E-state index in [1.54, 1.807) is 7.11 Å². The number of carbonyl (C=O) groups excluding carboxylic acids is 1. The summed E-state index contributed by atoms with van der Waals surface area (Å²) in [5.74, 6) is 1.96. The lowest BCUT2D eigenvalue weighted by Gasteiger charge is -2.32. The Labute approximate surface area is 148 Å². The van der Waals surface area contributed by atoms with E-state index < -0.39 is 0 Å². The molecule has 2 fully saturated rings. The van der Waals surface area contributed by atoms with Crippen LogP contribution in [-0.4, -0.2) is 41.2 Å². The van der Waals surface area contributed by atoms with Crippen LogP contribution < -0.4 is 4.74 Å². The molecule has 3 atom stereocenters. The number of aryl methyl sites for hydroxylation is 1. The van der Waals surface area contributed by atoms with Crippen LogP contribution in [0.2, 0.25) is 0 Å². The predicted octanol–water partition coefficient (Wildman–Crippen LogP) is 3.24. The van der Waals surface area contributed by atoms with E-state index in [-0.39, 0.29) is 5.92 Å². The molecular formula is C20H25N3O2. The zero-order chi connectivity index (χ0) is 17.4. The second kappa shape index (κ2) is 6.54. The molecule has 1 aromatic heterocycles. The number of aromatic nitrogens is 2. The summed E-state index contributed by atoms with van der Waals surface area (Å²) in [6.45, 7) is 3.68. The molecule has 1 saturated heterocycles. The van der Waals surface area contributed by atoms with Gasteiger partial charge in [0.25, 0.3) is 0 Å². The minimum Gasteiger partial charge on any atom is -0.496 e. The lowest BCUT2D eigenvalue weighted by atomic mass is 9.94. The van der Waals surface area contributed by atoms with Crippen LogP contribution in [0.15, 0.2) is 30.3 Å². The van der Waals surface area contributed by atoms with Crippen LogP contribution in [0.4, 0.5) is 0 Å². The van der Waals surface area contributed by atoms with Gasteiger partial charge in [-0.3, -0.25) is 9.89 Å². The normalized spacial score (nSPS) is 25.7. The number of benzene rings is 1. The Hall–Kier alpha value is -2.30. The van der Waals surface area contributed by atoms with Gasteiger partial charge in [-0.15, -0.1) is 0 Å². The number of amides is 1. The topological polar surface area (TPSA) is 58.2 Å². The molecular weight excluding hydrogens is 314 g/mol. The molecule has 0 radical (unpaired) electrons. The van der Waals surface area contributed by atoms with Gasteiger partial charge in [0.1, 0.15) is 5.75 Å². The fourth-order valence-corrected chi connectivity index (χ4v) is 4.09. The molecule has 1 saturated carbocycles. The number of carbonyl (C=O) groups is 1. The maximum Gasteiger partial charge on any atom is 0.226 e. The van der Waals surface area contributed by atoms with Crippen molar-refractivity contribution in [2.45, 2.75) is 38.0 Å². The molecule has 2 aromatic rings. The van der Waals surface area contributed by atoms with Gasteiger partial charge in [-0.1, -0.05) is 18.2 Å². The molecule has 1 aliphatic carbocycles. The molecule has 25 heavy (non-hydrogen) atoms. The third-order valence-electron chi connectivity index (χ3n) is 5.52. The second-order valence-corrected chi connectivity index (χ2v) is 7.29. The number of aromatic amines is 1. The number of hydrogen-bond donors (Lipinski definition) is 1. The van der Waals surface area contributed by atoms with Crippen molar-refractivity contribution >= 4 is 5.91 Å². The number of rotatable bonds is 4. The average Bonchev–Trinajstić information content (AvgIpc) is 3.34. The Morgan fingerprint density at radius 1 is 1.36 bits per heavy atom. The van der Waals surface area contributed by atoms with Crippen LogP contribution in [-0.2, 0) is 4.79 Å². The van der Waals surface area contributed by atoms with Crippen molar-refractivity contribution in [2.24, 2.45) is 5.92 Å². The van der Waals surface area contributed by atoms with E-state index >= 15 is 0 Å². The van der Waals surface area contributed by atoms with Gasteiger partial charge in [0.05, 0.1) is 12.8 Å². The van der Waals surface area contributed by atoms with E-state index in [2.05, 4.69) is 27.2 Å². The molecule has 0 spiro atoms. The first-order chi connectivity index (χ1) is 12.2. The van der Waals surface area contributed by atoms with Gasteiger partial charge in [-0.25, -0.2) is 0 Å². The van der Waals surface area contributed by atoms with E-state index in [4.69, 9.17) is 4.74 Å². The van der Waals surface area contributed by atoms with Crippen LogP contribution >= 0.6 is 0 Å². The number of methoxy groups -OCH3 is 1. The first-order valence-corrected chi connectivity index (χ1v) is 9.11. The quantitative estimate of drug-likeness (QED) is 0.930. The van der Waals surface area contributed by atoms with Crippen molar-refractivity contribution in [2.75, 3.05) is 20.2 Å². The first-order valence-electron chi connectivity index (χ1n) is 9.11. The Balaban J connectivity index is 1.43. The molecule has 132 valence electrons. The highest BCUT2D eigenvalue weighted by Gasteiger charge is 2.47. The van der Waals surface area contributed by atoms with Gasteiger partial charge in [-0.05, 0) is 49.8 Å². The molecule has 0 bridgehead atoms. The number of ether oxygens (including phenoxy) is 1. The highest BCUT2D eigenvalue weighted by molar-refractivity contribution is 5.83. The fourth-order valence-electron chi connectivity index (χ4n) is 4.09. The van der Waals surface area contributed by atoms with E-state index in [1.165, 1.54) is 5.56 Å². The van der Waals surface area contributed by atoms with Crippen molar-refractivity contribution < 1.29 is 9.53 Å². The minimum atomic E-state index is 0.107.